The minimum Gasteiger partial charge on any atom is -0.367 e. The lowest BCUT2D eigenvalue weighted by atomic mass is 10.2. The zero-order valence-electron chi connectivity index (χ0n) is 13.1. The molecule has 0 radical (unpaired) electrons. The molecule has 7 heteroatoms. The van der Waals surface area contributed by atoms with Crippen LogP contribution >= 0.6 is 0 Å². The van der Waals surface area contributed by atoms with Crippen LogP contribution in [0.3, 0.4) is 0 Å². The van der Waals surface area contributed by atoms with Crippen LogP contribution in [0.1, 0.15) is 11.3 Å². The van der Waals surface area contributed by atoms with Crippen molar-refractivity contribution in [2.75, 3.05) is 25.5 Å². The van der Waals surface area contributed by atoms with Gasteiger partial charge in [0.1, 0.15) is 12.4 Å². The quantitative estimate of drug-likeness (QED) is 0.838. The van der Waals surface area contributed by atoms with Crippen LogP contribution in [0, 0.1) is 6.92 Å². The van der Waals surface area contributed by atoms with Gasteiger partial charge in [0.05, 0.1) is 13.2 Å². The fraction of sp³-hybridized carbons (Fsp3) is 0.312. The Morgan fingerprint density at radius 2 is 2.04 bits per heavy atom. The van der Waals surface area contributed by atoms with E-state index in [1.807, 2.05) is 30.3 Å². The number of amides is 2. The van der Waals surface area contributed by atoms with Crippen molar-refractivity contribution in [3.8, 4) is 0 Å². The summed E-state index contributed by atoms with van der Waals surface area (Å²) in [6.07, 6.45) is 0. The molecule has 2 amide bonds. The summed E-state index contributed by atoms with van der Waals surface area (Å²) in [7, 11) is 1.54. The Labute approximate surface area is 134 Å². The van der Waals surface area contributed by atoms with E-state index < -0.39 is 0 Å². The highest BCUT2D eigenvalue weighted by molar-refractivity contribution is 5.93. The molecule has 1 N–H and O–H groups in total. The van der Waals surface area contributed by atoms with Gasteiger partial charge in [0.25, 0.3) is 0 Å². The van der Waals surface area contributed by atoms with Crippen LogP contribution in [-0.2, 0) is 20.9 Å². The number of rotatable bonds is 7. The molecule has 1 heterocycles. The van der Waals surface area contributed by atoms with E-state index in [0.29, 0.717) is 18.2 Å². The molecule has 0 spiro atoms. The SMILES string of the molecule is Cc1cc(NC(=O)CN(C)C(=O)COCc2ccccc2)no1. The highest BCUT2D eigenvalue weighted by atomic mass is 16.5. The summed E-state index contributed by atoms with van der Waals surface area (Å²) in [5, 5.41) is 6.21. The topological polar surface area (TPSA) is 84.7 Å². The number of hydrogen-bond acceptors (Lipinski definition) is 5. The lowest BCUT2D eigenvalue weighted by molar-refractivity contribution is -0.137. The Morgan fingerprint density at radius 3 is 2.70 bits per heavy atom. The van der Waals surface area contributed by atoms with E-state index >= 15 is 0 Å². The zero-order chi connectivity index (χ0) is 16.7. The molecular weight excluding hydrogens is 298 g/mol. The summed E-state index contributed by atoms with van der Waals surface area (Å²) in [6.45, 7) is 1.91. The van der Waals surface area contributed by atoms with Crippen molar-refractivity contribution in [1.29, 1.82) is 0 Å². The fourth-order valence-corrected chi connectivity index (χ4v) is 1.85. The van der Waals surface area contributed by atoms with Crippen molar-refractivity contribution in [2.24, 2.45) is 0 Å². The van der Waals surface area contributed by atoms with Crippen LogP contribution in [0.15, 0.2) is 40.9 Å². The molecule has 0 saturated heterocycles. The third-order valence-corrected chi connectivity index (χ3v) is 3.04. The molecule has 1 aromatic carbocycles. The van der Waals surface area contributed by atoms with Crippen molar-refractivity contribution < 1.29 is 18.8 Å². The number of hydrogen-bond donors (Lipinski definition) is 1. The molecule has 0 aliphatic heterocycles. The first-order valence-corrected chi connectivity index (χ1v) is 7.13. The molecule has 0 atom stereocenters. The third-order valence-electron chi connectivity index (χ3n) is 3.04. The number of ether oxygens (including phenoxy) is 1. The number of anilines is 1. The Kier molecular flexibility index (Phi) is 5.87. The summed E-state index contributed by atoms with van der Waals surface area (Å²) < 4.78 is 10.2. The van der Waals surface area contributed by atoms with Gasteiger partial charge in [-0.1, -0.05) is 35.5 Å². The molecule has 0 saturated carbocycles. The molecule has 2 aromatic rings. The maximum Gasteiger partial charge on any atom is 0.248 e. The van der Waals surface area contributed by atoms with Gasteiger partial charge in [-0.05, 0) is 12.5 Å². The van der Waals surface area contributed by atoms with Gasteiger partial charge in [-0.25, -0.2) is 0 Å². The molecule has 2 rings (SSSR count). The smallest absolute Gasteiger partial charge is 0.248 e. The highest BCUT2D eigenvalue weighted by Crippen LogP contribution is 2.06. The minimum absolute atomic E-state index is 0.0816. The van der Waals surface area contributed by atoms with Crippen molar-refractivity contribution in [3.05, 3.63) is 47.7 Å². The summed E-state index contributed by atoms with van der Waals surface area (Å²) in [4.78, 5) is 25.0. The Bertz CT molecular complexity index is 654. The molecule has 0 unspecified atom stereocenters. The second-order valence-corrected chi connectivity index (χ2v) is 5.10. The van der Waals surface area contributed by atoms with Gasteiger partial charge in [-0.3, -0.25) is 9.59 Å². The van der Waals surface area contributed by atoms with Gasteiger partial charge in [-0.2, -0.15) is 0 Å². The predicted molar refractivity (Wildman–Crippen MR) is 83.6 cm³/mol. The van der Waals surface area contributed by atoms with E-state index in [4.69, 9.17) is 9.26 Å². The van der Waals surface area contributed by atoms with Crippen molar-refractivity contribution >= 4 is 17.6 Å². The summed E-state index contributed by atoms with van der Waals surface area (Å²) in [6, 6.07) is 11.2. The molecule has 7 nitrogen and oxygen atoms in total. The largest absolute Gasteiger partial charge is 0.367 e. The predicted octanol–water partition coefficient (Wildman–Crippen LogP) is 1.60. The first-order chi connectivity index (χ1) is 11.0. The van der Waals surface area contributed by atoms with Crippen LogP contribution in [-0.4, -0.2) is 42.1 Å². The van der Waals surface area contributed by atoms with Crippen LogP contribution in [0.4, 0.5) is 5.82 Å². The van der Waals surface area contributed by atoms with Crippen LogP contribution in [0.2, 0.25) is 0 Å². The lowest BCUT2D eigenvalue weighted by Crippen LogP contribution is -2.37. The molecule has 0 fully saturated rings. The second kappa shape index (κ2) is 8.09. The maximum atomic E-state index is 11.9. The molecule has 0 bridgehead atoms. The monoisotopic (exact) mass is 317 g/mol. The maximum absolute atomic E-state index is 11.9. The van der Waals surface area contributed by atoms with Gasteiger partial charge >= 0.3 is 0 Å². The number of nitrogens with zero attached hydrogens (tertiary/aromatic N) is 2. The van der Waals surface area contributed by atoms with E-state index in [0.717, 1.165) is 5.56 Å². The molecule has 1 aromatic heterocycles. The van der Waals surface area contributed by atoms with Crippen molar-refractivity contribution in [1.82, 2.24) is 10.1 Å². The zero-order valence-corrected chi connectivity index (χ0v) is 13.1. The van der Waals surface area contributed by atoms with E-state index in [-0.39, 0.29) is 25.0 Å². The van der Waals surface area contributed by atoms with Crippen molar-refractivity contribution in [3.63, 3.8) is 0 Å². The molecule has 23 heavy (non-hydrogen) atoms. The average molecular weight is 317 g/mol. The van der Waals surface area contributed by atoms with Crippen LogP contribution in [0.25, 0.3) is 0 Å². The van der Waals surface area contributed by atoms with E-state index in [9.17, 15) is 9.59 Å². The summed E-state index contributed by atoms with van der Waals surface area (Å²) >= 11 is 0. The molecular formula is C16H19N3O4. The lowest BCUT2D eigenvalue weighted by Gasteiger charge is -2.16. The number of benzene rings is 1. The second-order valence-electron chi connectivity index (χ2n) is 5.10. The number of aryl methyl sites for hydroxylation is 1. The van der Waals surface area contributed by atoms with Gasteiger partial charge in [0.15, 0.2) is 5.82 Å². The van der Waals surface area contributed by atoms with Gasteiger partial charge < -0.3 is 19.5 Å². The average Bonchev–Trinajstić information content (AvgIpc) is 2.93. The number of aromatic nitrogens is 1. The molecule has 0 aliphatic rings. The Balaban J connectivity index is 1.70. The number of nitrogens with one attached hydrogen (secondary N) is 1. The minimum atomic E-state index is -0.350. The summed E-state index contributed by atoms with van der Waals surface area (Å²) in [5.74, 6) is 0.303. The number of carbonyl (C=O) groups is 2. The highest BCUT2D eigenvalue weighted by Gasteiger charge is 2.14. The standard InChI is InChI=1S/C16H19N3O4/c1-12-8-14(18-23-12)17-15(20)9-19(2)16(21)11-22-10-13-6-4-3-5-7-13/h3-8H,9-11H2,1-2H3,(H,17,18,20). The number of carbonyl (C=O) groups excluding carboxylic acids is 2. The first-order valence-electron chi connectivity index (χ1n) is 7.13. The van der Waals surface area contributed by atoms with E-state index in [2.05, 4.69) is 10.5 Å². The Hall–Kier alpha value is -2.67. The number of likely N-dealkylation sites (N-methyl/N-ethyl adjacent to an activating group) is 1. The van der Waals surface area contributed by atoms with Crippen molar-refractivity contribution in [2.45, 2.75) is 13.5 Å². The normalized spacial score (nSPS) is 10.3. The third kappa shape index (κ3) is 5.55. The Morgan fingerprint density at radius 1 is 1.30 bits per heavy atom. The van der Waals surface area contributed by atoms with Crippen LogP contribution in [0.5, 0.6) is 0 Å². The summed E-state index contributed by atoms with van der Waals surface area (Å²) in [5.41, 5.74) is 0.988. The van der Waals surface area contributed by atoms with E-state index in [1.165, 1.54) is 4.90 Å². The van der Waals surface area contributed by atoms with Gasteiger partial charge in [0.2, 0.25) is 11.8 Å². The van der Waals surface area contributed by atoms with Gasteiger partial charge in [0, 0.05) is 13.1 Å². The fourth-order valence-electron chi connectivity index (χ4n) is 1.85. The van der Waals surface area contributed by atoms with Crippen LogP contribution < -0.4 is 5.32 Å². The van der Waals surface area contributed by atoms with E-state index in [1.54, 1.807) is 20.0 Å². The first kappa shape index (κ1) is 16.7. The molecule has 0 aliphatic carbocycles. The van der Waals surface area contributed by atoms with Gasteiger partial charge in [-0.15, -0.1) is 0 Å². The molecule has 122 valence electrons.